The molecule has 0 aromatic heterocycles. The highest BCUT2D eigenvalue weighted by Crippen LogP contribution is 2.19. The number of carbonyl (C=O) groups excluding carboxylic acids is 1. The number of amides is 1. The monoisotopic (exact) mass is 315 g/mol. The Morgan fingerprint density at radius 1 is 1.18 bits per heavy atom. The first-order valence-corrected chi connectivity index (χ1v) is 6.40. The molecule has 0 aliphatic carbocycles. The largest absolute Gasteiger partial charge is 0.417 e. The summed E-state index contributed by atoms with van der Waals surface area (Å²) in [5.74, 6) is 0.322. The predicted molar refractivity (Wildman–Crippen MR) is 83.9 cm³/mol. The van der Waals surface area contributed by atoms with Crippen molar-refractivity contribution in [3.63, 3.8) is 0 Å². The van der Waals surface area contributed by atoms with Gasteiger partial charge in [-0.2, -0.15) is 4.99 Å². The maximum absolute atomic E-state index is 11.7. The minimum absolute atomic E-state index is 0.0615. The molecule has 2 aromatic rings. The van der Waals surface area contributed by atoms with Gasteiger partial charge >= 0.3 is 6.09 Å². The van der Waals surface area contributed by atoms with E-state index in [1.165, 1.54) is 24.3 Å². The van der Waals surface area contributed by atoms with Gasteiger partial charge in [-0.1, -0.05) is 0 Å². The summed E-state index contributed by atoms with van der Waals surface area (Å²) in [6.45, 7) is 0. The lowest BCUT2D eigenvalue weighted by molar-refractivity contribution is -0.384. The molecule has 1 amide bonds. The molecule has 0 saturated carbocycles. The van der Waals surface area contributed by atoms with Gasteiger partial charge in [-0.15, -0.1) is 0 Å². The van der Waals surface area contributed by atoms with Gasteiger partial charge in [0.05, 0.1) is 15.8 Å². The molecular weight excluding hydrogens is 306 g/mol. The van der Waals surface area contributed by atoms with Gasteiger partial charge in [0.25, 0.3) is 5.69 Å². The smallest absolute Gasteiger partial charge is 0.410 e. The van der Waals surface area contributed by atoms with E-state index >= 15 is 0 Å². The molecule has 0 heterocycles. The molecule has 110 valence electrons. The minimum atomic E-state index is -0.708. The van der Waals surface area contributed by atoms with Crippen molar-refractivity contribution in [1.82, 2.24) is 0 Å². The third kappa shape index (κ3) is 4.20. The molecule has 0 radical (unpaired) electrons. The van der Waals surface area contributed by atoms with Crippen molar-refractivity contribution < 1.29 is 14.5 Å². The molecule has 0 aliphatic heterocycles. The van der Waals surface area contributed by atoms with Gasteiger partial charge in [0.1, 0.15) is 5.75 Å². The Hall–Kier alpha value is -3.09. The third-order valence-electron chi connectivity index (χ3n) is 2.55. The summed E-state index contributed by atoms with van der Waals surface area (Å²) in [7, 11) is 0. The van der Waals surface area contributed by atoms with Gasteiger partial charge in [-0.05, 0) is 48.6 Å². The molecule has 2 aromatic carbocycles. The average molecular weight is 315 g/mol. The lowest BCUT2D eigenvalue weighted by Gasteiger charge is -2.06. The zero-order valence-electron chi connectivity index (χ0n) is 11.1. The van der Waals surface area contributed by atoms with Crippen LogP contribution in [0.2, 0.25) is 0 Å². The Morgan fingerprint density at radius 2 is 1.82 bits per heavy atom. The molecule has 0 atom stereocenters. The minimum Gasteiger partial charge on any atom is -0.410 e. The molecule has 2 rings (SSSR count). The van der Waals surface area contributed by atoms with Crippen LogP contribution in [0.15, 0.2) is 53.5 Å². The first kappa shape index (κ1) is 15.3. The van der Waals surface area contributed by atoms with E-state index in [2.05, 4.69) is 27.7 Å². The number of nitro groups is 1. The van der Waals surface area contributed by atoms with E-state index in [0.29, 0.717) is 17.1 Å². The number of nitrogens with one attached hydrogen (secondary N) is 1. The number of thiocarbonyl (C=S) groups is 1. The van der Waals surface area contributed by atoms with Crippen LogP contribution >= 0.6 is 12.2 Å². The molecule has 0 unspecified atom stereocenters. The number of isothiocyanates is 1. The standard InChI is InChI=1S/C14H9N3O4S/c18-14(16-11-1-5-12(6-2-11)17(19)20)21-13-7-3-10(4-8-13)15-9-22/h1-8H,(H,16,18). The van der Waals surface area contributed by atoms with E-state index in [-0.39, 0.29) is 5.69 Å². The fraction of sp³-hybridized carbons (Fsp3) is 0. The summed E-state index contributed by atoms with van der Waals surface area (Å²) in [5.41, 5.74) is 0.921. The summed E-state index contributed by atoms with van der Waals surface area (Å²) < 4.78 is 5.06. The third-order valence-corrected chi connectivity index (χ3v) is 2.64. The van der Waals surface area contributed by atoms with E-state index < -0.39 is 11.0 Å². The topological polar surface area (TPSA) is 93.8 Å². The van der Waals surface area contributed by atoms with E-state index in [4.69, 9.17) is 4.74 Å². The van der Waals surface area contributed by atoms with Gasteiger partial charge < -0.3 is 4.74 Å². The molecule has 0 bridgehead atoms. The molecule has 1 N–H and O–H groups in total. The van der Waals surface area contributed by atoms with E-state index in [1.807, 2.05) is 0 Å². The number of aliphatic imine (C=N–C) groups is 1. The van der Waals surface area contributed by atoms with Crippen LogP contribution in [0, 0.1) is 10.1 Å². The number of ether oxygens (including phenoxy) is 1. The van der Waals surface area contributed by atoms with E-state index in [1.54, 1.807) is 24.3 Å². The first-order chi connectivity index (χ1) is 10.6. The first-order valence-electron chi connectivity index (χ1n) is 6.00. The number of non-ortho nitro benzene ring substituents is 1. The fourth-order valence-electron chi connectivity index (χ4n) is 1.56. The van der Waals surface area contributed by atoms with E-state index in [0.717, 1.165) is 0 Å². The molecule has 0 fully saturated rings. The molecule has 7 nitrogen and oxygen atoms in total. The quantitative estimate of drug-likeness (QED) is 0.399. The van der Waals surface area contributed by atoms with Crippen LogP contribution in [0.5, 0.6) is 5.75 Å². The number of carbonyl (C=O) groups is 1. The van der Waals surface area contributed by atoms with Crippen molar-refractivity contribution in [2.75, 3.05) is 5.32 Å². The van der Waals surface area contributed by atoms with Crippen LogP contribution < -0.4 is 10.1 Å². The zero-order chi connectivity index (χ0) is 15.9. The van der Waals surface area contributed by atoms with E-state index in [9.17, 15) is 14.9 Å². The van der Waals surface area contributed by atoms with Gasteiger partial charge in [0.15, 0.2) is 0 Å². The van der Waals surface area contributed by atoms with Gasteiger partial charge in [-0.3, -0.25) is 15.4 Å². The van der Waals surface area contributed by atoms with Crippen LogP contribution in [0.3, 0.4) is 0 Å². The number of nitrogens with zero attached hydrogens (tertiary/aromatic N) is 2. The van der Waals surface area contributed by atoms with Crippen molar-refractivity contribution in [3.8, 4) is 5.75 Å². The maximum Gasteiger partial charge on any atom is 0.417 e. The second-order valence-electron chi connectivity index (χ2n) is 4.02. The highest BCUT2D eigenvalue weighted by molar-refractivity contribution is 7.78. The van der Waals surface area contributed by atoms with Crippen molar-refractivity contribution in [3.05, 3.63) is 58.6 Å². The van der Waals surface area contributed by atoms with Gasteiger partial charge in [-0.25, -0.2) is 4.79 Å². The molecule has 0 aliphatic rings. The lowest BCUT2D eigenvalue weighted by Crippen LogP contribution is -2.16. The van der Waals surface area contributed by atoms with Crippen LogP contribution in [0.1, 0.15) is 0 Å². The number of hydrogen-bond donors (Lipinski definition) is 1. The van der Waals surface area contributed by atoms with Gasteiger partial charge in [0, 0.05) is 17.8 Å². The molecule has 0 saturated heterocycles. The average Bonchev–Trinajstić information content (AvgIpc) is 2.50. The van der Waals surface area contributed by atoms with Crippen LogP contribution in [-0.2, 0) is 0 Å². The highest BCUT2D eigenvalue weighted by Gasteiger charge is 2.08. The van der Waals surface area contributed by atoms with Crippen molar-refractivity contribution in [1.29, 1.82) is 0 Å². The van der Waals surface area contributed by atoms with Crippen LogP contribution in [0.4, 0.5) is 21.9 Å². The summed E-state index contributed by atoms with van der Waals surface area (Å²) in [6.07, 6.45) is -0.708. The van der Waals surface area contributed by atoms with Crippen molar-refractivity contribution in [2.45, 2.75) is 0 Å². The van der Waals surface area contributed by atoms with Crippen LogP contribution in [0.25, 0.3) is 0 Å². The summed E-state index contributed by atoms with van der Waals surface area (Å²) in [4.78, 5) is 25.5. The Balaban J connectivity index is 1.97. The number of benzene rings is 2. The normalized spacial score (nSPS) is 9.45. The Bertz CT molecular complexity index is 688. The Kier molecular flexibility index (Phi) is 4.92. The zero-order valence-corrected chi connectivity index (χ0v) is 11.9. The number of nitro benzene ring substituents is 1. The van der Waals surface area contributed by atoms with Crippen molar-refractivity contribution in [2.24, 2.45) is 4.99 Å². The predicted octanol–water partition coefficient (Wildman–Crippen LogP) is 3.94. The summed E-state index contributed by atoms with van der Waals surface area (Å²) in [5, 5.41) is 15.2. The lowest BCUT2D eigenvalue weighted by atomic mass is 10.3. The molecule has 22 heavy (non-hydrogen) atoms. The second kappa shape index (κ2) is 7.07. The maximum atomic E-state index is 11.7. The Labute approximate surface area is 130 Å². The SMILES string of the molecule is O=C(Nc1ccc([N+](=O)[O-])cc1)Oc1ccc(N=C=S)cc1. The fourth-order valence-corrected chi connectivity index (χ4v) is 1.66. The van der Waals surface area contributed by atoms with Crippen LogP contribution in [-0.4, -0.2) is 16.2 Å². The van der Waals surface area contributed by atoms with Crippen molar-refractivity contribution >= 4 is 40.5 Å². The molecular formula is C14H9N3O4S. The highest BCUT2D eigenvalue weighted by atomic mass is 32.1. The van der Waals surface area contributed by atoms with Gasteiger partial charge in [0.2, 0.25) is 0 Å². The molecule has 8 heteroatoms. The molecule has 0 spiro atoms. The number of anilines is 1. The number of rotatable bonds is 4. The number of hydrogen-bond acceptors (Lipinski definition) is 6. The summed E-state index contributed by atoms with van der Waals surface area (Å²) in [6, 6.07) is 11.7. The second-order valence-corrected chi connectivity index (χ2v) is 4.20. The Morgan fingerprint density at radius 3 is 2.36 bits per heavy atom. The summed E-state index contributed by atoms with van der Waals surface area (Å²) >= 11 is 4.48.